The van der Waals surface area contributed by atoms with Crippen LogP contribution in [0.1, 0.15) is 53.8 Å². The summed E-state index contributed by atoms with van der Waals surface area (Å²) in [6, 6.07) is 11.8. The van der Waals surface area contributed by atoms with E-state index in [2.05, 4.69) is 20.3 Å². The standard InChI is InChI=1S/C26H31N5O2/c32-24-17-20-8-2-4-11-23(20)29-31(24)16-15-30-14-6-5-9-21(30)18-28-26(33)25-22-10-3-1-7-19(22)12-13-27-25/h1,3,7,10,12-13,17,21H,2,4-6,8-9,11,14-16,18H2,(H,28,33). The number of nitrogens with one attached hydrogen (secondary N) is 1. The Balaban J connectivity index is 1.23. The summed E-state index contributed by atoms with van der Waals surface area (Å²) in [4.78, 5) is 32.2. The van der Waals surface area contributed by atoms with Gasteiger partial charge in [0, 0.05) is 36.8 Å². The molecule has 1 unspecified atom stereocenters. The maximum absolute atomic E-state index is 12.9. The normalized spacial score (nSPS) is 18.7. The minimum atomic E-state index is -0.134. The van der Waals surface area contributed by atoms with Crippen LogP contribution in [-0.2, 0) is 19.4 Å². The molecule has 1 aliphatic carbocycles. The maximum atomic E-state index is 12.9. The Bertz CT molecular complexity index is 1200. The van der Waals surface area contributed by atoms with E-state index in [1.807, 2.05) is 30.3 Å². The second-order valence-corrected chi connectivity index (χ2v) is 9.16. The molecule has 33 heavy (non-hydrogen) atoms. The molecule has 1 fully saturated rings. The molecule has 172 valence electrons. The van der Waals surface area contributed by atoms with Crippen molar-refractivity contribution in [1.29, 1.82) is 0 Å². The van der Waals surface area contributed by atoms with Crippen molar-refractivity contribution in [2.45, 2.75) is 57.5 Å². The Morgan fingerprint density at radius 2 is 1.94 bits per heavy atom. The van der Waals surface area contributed by atoms with E-state index in [1.54, 1.807) is 16.9 Å². The predicted molar refractivity (Wildman–Crippen MR) is 128 cm³/mol. The van der Waals surface area contributed by atoms with E-state index in [4.69, 9.17) is 0 Å². The van der Waals surface area contributed by atoms with Gasteiger partial charge in [-0.1, -0.05) is 30.7 Å². The highest BCUT2D eigenvalue weighted by atomic mass is 16.2. The molecule has 3 aromatic rings. The summed E-state index contributed by atoms with van der Waals surface area (Å²) in [5.41, 5.74) is 2.69. The molecule has 0 radical (unpaired) electrons. The van der Waals surface area contributed by atoms with Gasteiger partial charge in [-0.05, 0) is 62.1 Å². The van der Waals surface area contributed by atoms with Crippen LogP contribution in [0.25, 0.3) is 10.8 Å². The Hall–Kier alpha value is -3.06. The van der Waals surface area contributed by atoms with Crippen molar-refractivity contribution >= 4 is 16.7 Å². The van der Waals surface area contributed by atoms with Crippen molar-refractivity contribution in [2.75, 3.05) is 19.6 Å². The van der Waals surface area contributed by atoms with Gasteiger partial charge in [-0.25, -0.2) is 4.68 Å². The lowest BCUT2D eigenvalue weighted by molar-refractivity contribution is 0.0906. The van der Waals surface area contributed by atoms with Crippen LogP contribution in [0.15, 0.2) is 47.4 Å². The molecule has 1 aromatic carbocycles. The molecular formula is C26H31N5O2. The number of aromatic nitrogens is 3. The summed E-state index contributed by atoms with van der Waals surface area (Å²) in [5.74, 6) is -0.134. The quantitative estimate of drug-likeness (QED) is 0.631. The van der Waals surface area contributed by atoms with Crippen LogP contribution in [0.4, 0.5) is 0 Å². The number of pyridine rings is 1. The highest BCUT2D eigenvalue weighted by Crippen LogP contribution is 2.19. The van der Waals surface area contributed by atoms with Gasteiger partial charge in [0.2, 0.25) is 0 Å². The zero-order valence-corrected chi connectivity index (χ0v) is 19.0. The number of piperidine rings is 1. The van der Waals surface area contributed by atoms with Crippen molar-refractivity contribution < 1.29 is 4.79 Å². The summed E-state index contributed by atoms with van der Waals surface area (Å²) in [6.07, 6.45) is 9.25. The van der Waals surface area contributed by atoms with Gasteiger partial charge in [0.25, 0.3) is 11.5 Å². The molecule has 5 rings (SSSR count). The largest absolute Gasteiger partial charge is 0.349 e. The molecule has 1 N–H and O–H groups in total. The van der Waals surface area contributed by atoms with Crippen LogP contribution >= 0.6 is 0 Å². The Labute approximate surface area is 193 Å². The number of amides is 1. The van der Waals surface area contributed by atoms with Crippen LogP contribution in [0.3, 0.4) is 0 Å². The van der Waals surface area contributed by atoms with E-state index in [-0.39, 0.29) is 17.5 Å². The molecule has 7 nitrogen and oxygen atoms in total. The molecule has 2 aliphatic rings. The second kappa shape index (κ2) is 9.83. The fourth-order valence-electron chi connectivity index (χ4n) is 5.16. The summed E-state index contributed by atoms with van der Waals surface area (Å²) in [5, 5.41) is 9.66. The van der Waals surface area contributed by atoms with Gasteiger partial charge in [0.15, 0.2) is 0 Å². The molecule has 0 bridgehead atoms. The topological polar surface area (TPSA) is 80.1 Å². The van der Waals surface area contributed by atoms with E-state index in [1.165, 1.54) is 0 Å². The van der Waals surface area contributed by atoms with Gasteiger partial charge in [-0.15, -0.1) is 0 Å². The van der Waals surface area contributed by atoms with Crippen molar-refractivity contribution in [1.82, 2.24) is 25.0 Å². The van der Waals surface area contributed by atoms with Crippen LogP contribution in [0.2, 0.25) is 0 Å². The van der Waals surface area contributed by atoms with E-state index in [0.29, 0.717) is 18.8 Å². The lowest BCUT2D eigenvalue weighted by atomic mass is 9.97. The van der Waals surface area contributed by atoms with E-state index in [9.17, 15) is 9.59 Å². The zero-order valence-electron chi connectivity index (χ0n) is 19.0. The van der Waals surface area contributed by atoms with Crippen molar-refractivity contribution in [2.24, 2.45) is 0 Å². The Morgan fingerprint density at radius 3 is 2.88 bits per heavy atom. The Kier molecular flexibility index (Phi) is 6.48. The third kappa shape index (κ3) is 4.83. The molecule has 1 amide bonds. The number of fused-ring (bicyclic) bond motifs is 2. The number of carbonyl (C=O) groups is 1. The summed E-state index contributed by atoms with van der Waals surface area (Å²) >= 11 is 0. The van der Waals surface area contributed by atoms with Gasteiger partial charge in [0.05, 0.1) is 12.2 Å². The zero-order chi connectivity index (χ0) is 22.6. The number of rotatable bonds is 6. The number of hydrogen-bond donors (Lipinski definition) is 1. The molecule has 7 heteroatoms. The summed E-state index contributed by atoms with van der Waals surface area (Å²) in [7, 11) is 0. The third-order valence-electron chi connectivity index (χ3n) is 7.01. The number of nitrogens with zero attached hydrogens (tertiary/aromatic N) is 4. The lowest BCUT2D eigenvalue weighted by Gasteiger charge is -2.35. The van der Waals surface area contributed by atoms with E-state index < -0.39 is 0 Å². The molecule has 0 saturated carbocycles. The van der Waals surface area contributed by atoms with Gasteiger partial charge in [-0.2, -0.15) is 5.10 Å². The van der Waals surface area contributed by atoms with Crippen LogP contribution < -0.4 is 10.9 Å². The smallest absolute Gasteiger partial charge is 0.270 e. The number of aryl methyl sites for hydroxylation is 2. The number of hydrogen-bond acceptors (Lipinski definition) is 5. The third-order valence-corrected chi connectivity index (χ3v) is 7.01. The summed E-state index contributed by atoms with van der Waals surface area (Å²) < 4.78 is 1.63. The van der Waals surface area contributed by atoms with Gasteiger partial charge in [-0.3, -0.25) is 19.5 Å². The average Bonchev–Trinajstić information content (AvgIpc) is 2.86. The summed E-state index contributed by atoms with van der Waals surface area (Å²) in [6.45, 7) is 2.91. The molecular weight excluding hydrogens is 414 g/mol. The van der Waals surface area contributed by atoms with Crippen molar-refractivity contribution in [3.63, 3.8) is 0 Å². The predicted octanol–water partition coefficient (Wildman–Crippen LogP) is 2.95. The first-order valence-corrected chi connectivity index (χ1v) is 12.1. The number of likely N-dealkylation sites (tertiary alicyclic amines) is 1. The minimum Gasteiger partial charge on any atom is -0.349 e. The fraction of sp³-hybridized carbons (Fsp3) is 0.462. The van der Waals surface area contributed by atoms with Crippen molar-refractivity contribution in [3.8, 4) is 0 Å². The minimum absolute atomic E-state index is 0.000424. The van der Waals surface area contributed by atoms with Gasteiger partial charge < -0.3 is 5.32 Å². The fourth-order valence-corrected chi connectivity index (χ4v) is 5.16. The molecule has 3 heterocycles. The first-order valence-electron chi connectivity index (χ1n) is 12.1. The van der Waals surface area contributed by atoms with Crippen LogP contribution in [-0.4, -0.2) is 51.2 Å². The average molecular weight is 446 g/mol. The highest BCUT2D eigenvalue weighted by molar-refractivity contribution is 6.05. The molecule has 2 aromatic heterocycles. The first kappa shape index (κ1) is 21.8. The number of carbonyl (C=O) groups excluding carboxylic acids is 1. The highest BCUT2D eigenvalue weighted by Gasteiger charge is 2.24. The monoisotopic (exact) mass is 445 g/mol. The molecule has 1 saturated heterocycles. The van der Waals surface area contributed by atoms with E-state index >= 15 is 0 Å². The van der Waals surface area contributed by atoms with Crippen molar-refractivity contribution in [3.05, 3.63) is 69.9 Å². The Morgan fingerprint density at radius 1 is 1.06 bits per heavy atom. The SMILES string of the molecule is O=C(NCC1CCCCN1CCn1nc2c(cc1=O)CCCC2)c1nccc2ccccc12. The second-order valence-electron chi connectivity index (χ2n) is 9.16. The molecule has 1 aliphatic heterocycles. The van der Waals surface area contributed by atoms with Gasteiger partial charge in [0.1, 0.15) is 5.69 Å². The number of benzene rings is 1. The van der Waals surface area contributed by atoms with Crippen LogP contribution in [0, 0.1) is 0 Å². The van der Waals surface area contributed by atoms with E-state index in [0.717, 1.165) is 80.1 Å². The first-order chi connectivity index (χ1) is 16.2. The maximum Gasteiger partial charge on any atom is 0.270 e. The lowest BCUT2D eigenvalue weighted by Crippen LogP contribution is -2.48. The molecule has 1 atom stereocenters. The van der Waals surface area contributed by atoms with Crippen LogP contribution in [0.5, 0.6) is 0 Å². The van der Waals surface area contributed by atoms with Gasteiger partial charge >= 0.3 is 0 Å². The molecule has 0 spiro atoms.